The van der Waals surface area contributed by atoms with Crippen molar-refractivity contribution in [2.45, 2.75) is 11.3 Å². The molecule has 150 valence electrons. The lowest BCUT2D eigenvalue weighted by Gasteiger charge is -2.11. The Kier molecular flexibility index (Phi) is 5.69. The first-order valence-electron chi connectivity index (χ1n) is 8.68. The van der Waals surface area contributed by atoms with E-state index in [0.29, 0.717) is 23.2 Å². The van der Waals surface area contributed by atoms with E-state index >= 15 is 0 Å². The fraction of sp³-hybridized carbons (Fsp3) is 0.100. The van der Waals surface area contributed by atoms with Crippen molar-refractivity contribution in [3.05, 3.63) is 78.0 Å². The number of carbonyl (C=O) groups is 2. The van der Waals surface area contributed by atoms with Crippen molar-refractivity contribution in [1.82, 2.24) is 9.29 Å². The summed E-state index contributed by atoms with van der Waals surface area (Å²) in [6, 6.07) is 16.2. The summed E-state index contributed by atoms with van der Waals surface area (Å²) < 4.78 is 27.7. The second-order valence-corrected chi connectivity index (χ2v) is 8.09. The fourth-order valence-electron chi connectivity index (χ4n) is 2.89. The first-order valence-corrected chi connectivity index (χ1v) is 10.1. The van der Waals surface area contributed by atoms with Crippen molar-refractivity contribution in [2.24, 2.45) is 5.73 Å². The smallest absolute Gasteiger partial charge is 0.404 e. The van der Waals surface area contributed by atoms with E-state index in [9.17, 15) is 18.0 Å². The van der Waals surface area contributed by atoms with Crippen LogP contribution in [0.15, 0.2) is 71.8 Å². The Hall–Kier alpha value is -3.59. The Morgan fingerprint density at radius 3 is 2.41 bits per heavy atom. The van der Waals surface area contributed by atoms with Gasteiger partial charge in [0.1, 0.15) is 0 Å². The summed E-state index contributed by atoms with van der Waals surface area (Å²) in [6.45, 7) is 0.144. The van der Waals surface area contributed by atoms with Crippen LogP contribution in [0.1, 0.15) is 15.9 Å². The molecule has 8 nitrogen and oxygen atoms in total. The van der Waals surface area contributed by atoms with Crippen molar-refractivity contribution in [3.63, 3.8) is 0 Å². The molecule has 1 aromatic heterocycles. The minimum Gasteiger partial charge on any atom is -0.465 e. The summed E-state index contributed by atoms with van der Waals surface area (Å²) in [5.74, 6) is -0.724. The van der Waals surface area contributed by atoms with Gasteiger partial charge in [0.05, 0.1) is 10.6 Å². The summed E-state index contributed by atoms with van der Waals surface area (Å²) in [7, 11) is -4.02. The highest BCUT2D eigenvalue weighted by atomic mass is 32.2. The number of benzene rings is 2. The van der Waals surface area contributed by atoms with Crippen LogP contribution in [0, 0.1) is 0 Å². The second kappa shape index (κ2) is 8.19. The van der Waals surface area contributed by atoms with Gasteiger partial charge in [-0.25, -0.2) is 17.2 Å². The molecule has 0 aliphatic heterocycles. The largest absolute Gasteiger partial charge is 0.465 e. The fourth-order valence-corrected chi connectivity index (χ4v) is 4.33. The van der Waals surface area contributed by atoms with Crippen LogP contribution >= 0.6 is 0 Å². The number of amides is 2. The van der Waals surface area contributed by atoms with E-state index in [1.54, 1.807) is 30.3 Å². The quantitative estimate of drug-likeness (QED) is 0.547. The molecule has 0 atom stereocenters. The lowest BCUT2D eigenvalue weighted by molar-refractivity contribution is 0.1000. The maximum Gasteiger partial charge on any atom is 0.404 e. The lowest BCUT2D eigenvalue weighted by Crippen LogP contribution is -2.23. The van der Waals surface area contributed by atoms with E-state index in [-0.39, 0.29) is 17.0 Å². The zero-order valence-corrected chi connectivity index (χ0v) is 16.1. The standard InChI is InChI=1S/C20H19N3O5S/c21-19(24)16-7-4-8-17(12-16)29(27,28)23-13-14(9-10-22-20(25)26)11-18(23)15-5-2-1-3-6-15/h1-8,11-13,22H,9-10H2,(H2,21,24)(H,25,26). The lowest BCUT2D eigenvalue weighted by atomic mass is 10.1. The molecule has 1 heterocycles. The highest BCUT2D eigenvalue weighted by Crippen LogP contribution is 2.27. The molecular formula is C20H19N3O5S. The molecule has 3 rings (SSSR count). The molecule has 3 aromatic rings. The molecule has 0 saturated carbocycles. The average Bonchev–Trinajstić information content (AvgIpc) is 3.13. The monoisotopic (exact) mass is 413 g/mol. The third kappa shape index (κ3) is 4.46. The Morgan fingerprint density at radius 1 is 1.03 bits per heavy atom. The summed E-state index contributed by atoms with van der Waals surface area (Å²) in [5.41, 5.74) is 7.12. The average molecular weight is 413 g/mol. The highest BCUT2D eigenvalue weighted by Gasteiger charge is 2.22. The number of aromatic nitrogens is 1. The van der Waals surface area contributed by atoms with Crippen LogP contribution in [0.2, 0.25) is 0 Å². The number of nitrogens with zero attached hydrogens (tertiary/aromatic N) is 1. The molecule has 0 spiro atoms. The Labute approximate surface area is 167 Å². The number of primary amides is 1. The minimum atomic E-state index is -4.02. The maximum atomic E-state index is 13.3. The van der Waals surface area contributed by atoms with Gasteiger partial charge in [-0.2, -0.15) is 0 Å². The van der Waals surface area contributed by atoms with Crippen molar-refractivity contribution in [2.75, 3.05) is 6.54 Å². The molecule has 2 amide bonds. The number of nitrogens with one attached hydrogen (secondary N) is 1. The third-order valence-electron chi connectivity index (χ3n) is 4.28. The predicted molar refractivity (Wildman–Crippen MR) is 107 cm³/mol. The normalized spacial score (nSPS) is 11.2. The predicted octanol–water partition coefficient (Wildman–Crippen LogP) is 2.30. The van der Waals surface area contributed by atoms with Crippen LogP contribution in [0.5, 0.6) is 0 Å². The van der Waals surface area contributed by atoms with Crippen LogP contribution in [-0.2, 0) is 16.4 Å². The van der Waals surface area contributed by atoms with Gasteiger partial charge in [0.2, 0.25) is 5.91 Å². The molecule has 0 aliphatic carbocycles. The molecule has 0 fully saturated rings. The molecule has 4 N–H and O–H groups in total. The summed E-state index contributed by atoms with van der Waals surface area (Å²) in [5, 5.41) is 11.0. The summed E-state index contributed by atoms with van der Waals surface area (Å²) >= 11 is 0. The number of rotatable bonds is 7. The highest BCUT2D eigenvalue weighted by molar-refractivity contribution is 7.90. The second-order valence-electron chi connectivity index (χ2n) is 6.27. The van der Waals surface area contributed by atoms with Crippen molar-refractivity contribution >= 4 is 22.0 Å². The van der Waals surface area contributed by atoms with Crippen molar-refractivity contribution in [1.29, 1.82) is 0 Å². The molecule has 9 heteroatoms. The van der Waals surface area contributed by atoms with Gasteiger partial charge < -0.3 is 16.2 Å². The number of carboxylic acid groups (broad SMARTS) is 1. The Bertz CT molecular complexity index is 1150. The zero-order chi connectivity index (χ0) is 21.0. The number of hydrogen-bond acceptors (Lipinski definition) is 4. The van der Waals surface area contributed by atoms with E-state index in [1.165, 1.54) is 30.5 Å². The van der Waals surface area contributed by atoms with Crippen LogP contribution in [0.4, 0.5) is 4.79 Å². The summed E-state index contributed by atoms with van der Waals surface area (Å²) in [4.78, 5) is 22.0. The number of carbonyl (C=O) groups excluding carboxylic acids is 1. The molecule has 0 unspecified atom stereocenters. The van der Waals surface area contributed by atoms with Gasteiger partial charge in [-0.1, -0.05) is 36.4 Å². The van der Waals surface area contributed by atoms with E-state index in [2.05, 4.69) is 5.32 Å². The zero-order valence-electron chi connectivity index (χ0n) is 15.3. The SMILES string of the molecule is NC(=O)c1cccc(S(=O)(=O)n2cc(CCNC(=O)O)cc2-c2ccccc2)c1. The Morgan fingerprint density at radius 2 is 1.76 bits per heavy atom. The van der Waals surface area contributed by atoms with Crippen LogP contribution < -0.4 is 11.1 Å². The van der Waals surface area contributed by atoms with Crippen molar-refractivity contribution in [3.8, 4) is 11.3 Å². The molecular weight excluding hydrogens is 394 g/mol. The molecule has 2 aromatic carbocycles. The molecule has 0 aliphatic rings. The van der Waals surface area contributed by atoms with E-state index < -0.39 is 22.0 Å². The van der Waals surface area contributed by atoms with Gasteiger partial charge in [-0.3, -0.25) is 4.79 Å². The van der Waals surface area contributed by atoms with Crippen LogP contribution in [0.3, 0.4) is 0 Å². The van der Waals surface area contributed by atoms with Crippen LogP contribution in [0.25, 0.3) is 11.3 Å². The van der Waals surface area contributed by atoms with Gasteiger partial charge in [-0.15, -0.1) is 0 Å². The molecule has 0 bridgehead atoms. The molecule has 0 radical (unpaired) electrons. The first-order chi connectivity index (χ1) is 13.8. The number of hydrogen-bond donors (Lipinski definition) is 3. The van der Waals surface area contributed by atoms with Crippen LogP contribution in [-0.4, -0.2) is 36.0 Å². The summed E-state index contributed by atoms with van der Waals surface area (Å²) in [6.07, 6.45) is 0.623. The third-order valence-corrected chi connectivity index (χ3v) is 5.95. The number of nitrogens with two attached hydrogens (primary N) is 1. The van der Waals surface area contributed by atoms with E-state index in [1.807, 2.05) is 6.07 Å². The van der Waals surface area contributed by atoms with Gasteiger partial charge in [0, 0.05) is 18.3 Å². The van der Waals surface area contributed by atoms with Gasteiger partial charge >= 0.3 is 6.09 Å². The minimum absolute atomic E-state index is 0.0724. The van der Waals surface area contributed by atoms with Gasteiger partial charge in [0.25, 0.3) is 10.0 Å². The first kappa shape index (κ1) is 20.2. The molecule has 0 saturated heterocycles. The topological polar surface area (TPSA) is 131 Å². The van der Waals surface area contributed by atoms with E-state index in [4.69, 9.17) is 10.8 Å². The van der Waals surface area contributed by atoms with E-state index in [0.717, 1.165) is 3.97 Å². The molecule has 29 heavy (non-hydrogen) atoms. The van der Waals surface area contributed by atoms with Gasteiger partial charge in [0.15, 0.2) is 0 Å². The maximum absolute atomic E-state index is 13.3. The Balaban J connectivity index is 2.08. The van der Waals surface area contributed by atoms with Gasteiger partial charge in [-0.05, 0) is 41.8 Å². The van der Waals surface area contributed by atoms with Crippen molar-refractivity contribution < 1.29 is 23.1 Å².